The lowest BCUT2D eigenvalue weighted by atomic mass is 9.85. The summed E-state index contributed by atoms with van der Waals surface area (Å²) < 4.78 is 40.9. The lowest BCUT2D eigenvalue weighted by Gasteiger charge is -2.39. The molecule has 2 unspecified atom stereocenters. The van der Waals surface area contributed by atoms with Gasteiger partial charge in [0.05, 0.1) is 12.7 Å². The molecule has 1 heterocycles. The van der Waals surface area contributed by atoms with E-state index < -0.39 is 17.3 Å². The first-order valence-electron chi connectivity index (χ1n) is 6.88. The van der Waals surface area contributed by atoms with Crippen LogP contribution in [0.15, 0.2) is 0 Å². The summed E-state index contributed by atoms with van der Waals surface area (Å²) in [6.45, 7) is 3.37. The predicted octanol–water partition coefficient (Wildman–Crippen LogP) is 9.98. The van der Waals surface area contributed by atoms with Crippen molar-refractivity contribution >= 4 is 96.0 Å². The Morgan fingerprint density at radius 3 is 1.80 bits per heavy atom. The molecule has 0 aliphatic carbocycles. The number of unbranched alkanes of at least 4 members (excludes halogenated alkanes) is 2. The molecule has 0 saturated carbocycles. The predicted molar refractivity (Wildman–Crippen MR) is 113 cm³/mol. The van der Waals surface area contributed by atoms with Gasteiger partial charge in [0, 0.05) is 16.7 Å². The number of rotatable bonds is 4. The minimum absolute atomic E-state index is 0.0545. The SMILES string of the molecule is CCCCCC1OP(=O)(Cl)OCC1(C)C.O=P(Cl)(Cl)Cl.O=P(Cl)(Cl)Cl. The highest BCUT2D eigenvalue weighted by Crippen LogP contribution is 2.62. The molecule has 1 aliphatic heterocycles. The third-order valence-electron chi connectivity index (χ3n) is 2.79. The number of halogens is 7. The van der Waals surface area contributed by atoms with E-state index in [1.54, 1.807) is 0 Å². The lowest BCUT2D eigenvalue weighted by molar-refractivity contribution is -0.0237. The quantitative estimate of drug-likeness (QED) is 0.252. The molecule has 154 valence electrons. The fourth-order valence-electron chi connectivity index (χ4n) is 1.68. The van der Waals surface area contributed by atoms with Gasteiger partial charge in [-0.1, -0.05) is 40.0 Å². The van der Waals surface area contributed by atoms with E-state index in [-0.39, 0.29) is 11.5 Å². The summed E-state index contributed by atoms with van der Waals surface area (Å²) in [6, 6.07) is 0. The van der Waals surface area contributed by atoms with Crippen LogP contribution in [-0.4, -0.2) is 12.7 Å². The Balaban J connectivity index is 0. The molecule has 2 atom stereocenters. The summed E-state index contributed by atoms with van der Waals surface area (Å²) in [7, 11) is 0. The Labute approximate surface area is 182 Å². The number of hydrogen-bond donors (Lipinski definition) is 0. The molecular weight excluding hydrogens is 541 g/mol. The molecule has 0 aromatic rings. The van der Waals surface area contributed by atoms with E-state index in [1.165, 1.54) is 12.8 Å². The molecular formula is C10H20Cl7O5P3. The zero-order valence-corrected chi connectivity index (χ0v) is 21.6. The zero-order valence-electron chi connectivity index (χ0n) is 13.6. The highest BCUT2D eigenvalue weighted by Gasteiger charge is 2.42. The third-order valence-corrected chi connectivity index (χ3v) is 4.26. The molecule has 25 heavy (non-hydrogen) atoms. The Bertz CT molecular complexity index is 484. The van der Waals surface area contributed by atoms with Crippen LogP contribution in [0.25, 0.3) is 0 Å². The summed E-state index contributed by atoms with van der Waals surface area (Å²) in [6.07, 6.45) is 4.27. The summed E-state index contributed by atoms with van der Waals surface area (Å²) >= 11 is 33.3. The Hall–Kier alpha value is 2.64. The lowest BCUT2D eigenvalue weighted by Crippen LogP contribution is -2.38. The van der Waals surface area contributed by atoms with Crippen LogP contribution in [-0.2, 0) is 22.7 Å². The molecule has 0 bridgehead atoms. The molecule has 1 saturated heterocycles. The molecule has 0 amide bonds. The van der Waals surface area contributed by atoms with Crippen molar-refractivity contribution in [2.75, 3.05) is 6.61 Å². The summed E-state index contributed by atoms with van der Waals surface area (Å²) in [5.41, 5.74) is -0.101. The zero-order chi connectivity index (χ0) is 20.5. The van der Waals surface area contributed by atoms with Gasteiger partial charge in [-0.05, 0) is 73.9 Å². The van der Waals surface area contributed by atoms with Crippen LogP contribution >= 0.6 is 96.0 Å². The molecule has 15 heteroatoms. The first-order chi connectivity index (χ1) is 10.9. The molecule has 0 spiro atoms. The summed E-state index contributed by atoms with van der Waals surface area (Å²) in [5, 5.41) is -6.44. The monoisotopic (exact) mass is 558 g/mol. The maximum Gasteiger partial charge on any atom is 0.424 e. The van der Waals surface area contributed by atoms with Crippen LogP contribution in [0.2, 0.25) is 0 Å². The summed E-state index contributed by atoms with van der Waals surface area (Å²) in [4.78, 5) is 0. The van der Waals surface area contributed by atoms with Crippen molar-refractivity contribution in [2.24, 2.45) is 5.41 Å². The maximum atomic E-state index is 11.5. The minimum Gasteiger partial charge on any atom is -0.296 e. The van der Waals surface area contributed by atoms with Crippen molar-refractivity contribution in [2.45, 2.75) is 52.6 Å². The van der Waals surface area contributed by atoms with E-state index >= 15 is 0 Å². The van der Waals surface area contributed by atoms with Gasteiger partial charge < -0.3 is 0 Å². The van der Waals surface area contributed by atoms with Crippen molar-refractivity contribution in [1.82, 2.24) is 0 Å². The minimum atomic E-state index is -3.30. The maximum absolute atomic E-state index is 11.5. The highest BCUT2D eigenvalue weighted by atomic mass is 36.1. The fraction of sp³-hybridized carbons (Fsp3) is 1.00. The van der Waals surface area contributed by atoms with Crippen LogP contribution in [0.3, 0.4) is 0 Å². The number of hydrogen-bond acceptors (Lipinski definition) is 5. The average molecular weight is 561 g/mol. The average Bonchev–Trinajstić information content (AvgIpc) is 2.30. The van der Waals surface area contributed by atoms with Crippen LogP contribution in [0.5, 0.6) is 0 Å². The molecule has 0 radical (unpaired) electrons. The Kier molecular flexibility index (Phi) is 15.6. The van der Waals surface area contributed by atoms with Gasteiger partial charge in [0.2, 0.25) is 0 Å². The van der Waals surface area contributed by atoms with Crippen molar-refractivity contribution in [3.8, 4) is 0 Å². The highest BCUT2D eigenvalue weighted by molar-refractivity contribution is 8.25. The van der Waals surface area contributed by atoms with Crippen LogP contribution in [0.4, 0.5) is 0 Å². The van der Waals surface area contributed by atoms with Gasteiger partial charge in [-0.15, -0.1) is 0 Å². The summed E-state index contributed by atoms with van der Waals surface area (Å²) in [5.74, 6) is 0. The van der Waals surface area contributed by atoms with Gasteiger partial charge in [0.25, 0.3) is 0 Å². The molecule has 5 nitrogen and oxygen atoms in total. The topological polar surface area (TPSA) is 69.7 Å². The van der Waals surface area contributed by atoms with E-state index in [9.17, 15) is 13.7 Å². The molecule has 0 aromatic heterocycles. The van der Waals surface area contributed by atoms with Gasteiger partial charge >= 0.3 is 17.3 Å². The van der Waals surface area contributed by atoms with Crippen LogP contribution in [0, 0.1) is 5.41 Å². The normalized spacial score (nSPS) is 25.9. The standard InChI is InChI=1S/C10H20ClO3P.2Cl3OP/c1-4-5-6-7-9-10(2,3)8-13-15(11,12)14-9;2*1-5(2,3)4/h9H,4-8H2,1-3H3;;. The van der Waals surface area contributed by atoms with Crippen molar-refractivity contribution in [3.05, 3.63) is 0 Å². The second kappa shape index (κ2) is 13.0. The largest absolute Gasteiger partial charge is 0.424 e. The first kappa shape index (κ1) is 29.8. The van der Waals surface area contributed by atoms with Gasteiger partial charge in [-0.2, -0.15) is 0 Å². The van der Waals surface area contributed by atoms with Gasteiger partial charge in [-0.3, -0.25) is 18.2 Å². The van der Waals surface area contributed by atoms with E-state index in [2.05, 4.69) is 88.2 Å². The molecule has 1 aliphatic rings. The van der Waals surface area contributed by atoms with Gasteiger partial charge in [0.15, 0.2) is 0 Å². The second-order valence-corrected chi connectivity index (χ2v) is 21.4. The molecule has 0 N–H and O–H groups in total. The van der Waals surface area contributed by atoms with E-state index in [0.717, 1.165) is 12.8 Å². The Morgan fingerprint density at radius 2 is 1.44 bits per heavy atom. The fourth-order valence-corrected chi connectivity index (χ4v) is 3.36. The van der Waals surface area contributed by atoms with Crippen LogP contribution < -0.4 is 0 Å². The smallest absolute Gasteiger partial charge is 0.296 e. The van der Waals surface area contributed by atoms with Gasteiger partial charge in [0.1, 0.15) is 0 Å². The first-order valence-corrected chi connectivity index (χ1v) is 18.2. The van der Waals surface area contributed by atoms with E-state index in [0.29, 0.717) is 6.61 Å². The van der Waals surface area contributed by atoms with E-state index in [4.69, 9.17) is 20.3 Å². The van der Waals surface area contributed by atoms with Crippen LogP contribution in [0.1, 0.15) is 46.5 Å². The molecule has 0 aromatic carbocycles. The van der Waals surface area contributed by atoms with Gasteiger partial charge in [-0.25, -0.2) is 4.57 Å². The Morgan fingerprint density at radius 1 is 1.04 bits per heavy atom. The molecule has 1 rings (SSSR count). The van der Waals surface area contributed by atoms with E-state index in [1.807, 2.05) is 0 Å². The molecule has 1 fully saturated rings. The third kappa shape index (κ3) is 24.6. The van der Waals surface area contributed by atoms with Crippen molar-refractivity contribution in [1.29, 1.82) is 0 Å². The second-order valence-electron chi connectivity index (χ2n) is 5.58. The van der Waals surface area contributed by atoms with Crippen molar-refractivity contribution < 1.29 is 22.7 Å². The van der Waals surface area contributed by atoms with Crippen molar-refractivity contribution in [3.63, 3.8) is 0 Å².